The number of rotatable bonds is 1. The average molecular weight is 200 g/mol. The van der Waals surface area contributed by atoms with E-state index in [2.05, 4.69) is 0 Å². The molecule has 0 radical (unpaired) electrons. The molecule has 0 amide bonds. The number of carboxylic acid groups (broad SMARTS) is 1. The zero-order valence-electron chi connectivity index (χ0n) is 6.21. The third kappa shape index (κ3) is 1.60. The van der Waals surface area contributed by atoms with Crippen molar-refractivity contribution in [3.8, 4) is 6.07 Å². The maximum absolute atomic E-state index is 12.8. The van der Waals surface area contributed by atoms with Crippen LogP contribution in [-0.2, 0) is 0 Å². The van der Waals surface area contributed by atoms with Gasteiger partial charge in [0.15, 0.2) is 0 Å². The molecule has 1 aromatic carbocycles. The Labute approximate surface area is 78.0 Å². The molecule has 0 atom stereocenters. The lowest BCUT2D eigenvalue weighted by molar-refractivity contribution is 0.0697. The first kappa shape index (κ1) is 9.49. The second-order valence-electron chi connectivity index (χ2n) is 2.20. The van der Waals surface area contributed by atoms with Gasteiger partial charge < -0.3 is 5.11 Å². The number of halogens is 2. The van der Waals surface area contributed by atoms with Crippen molar-refractivity contribution in [3.63, 3.8) is 0 Å². The molecule has 0 unspecified atom stereocenters. The number of aromatic carboxylic acids is 1. The van der Waals surface area contributed by atoms with Crippen LogP contribution < -0.4 is 0 Å². The van der Waals surface area contributed by atoms with Crippen LogP contribution in [0.25, 0.3) is 0 Å². The van der Waals surface area contributed by atoms with Gasteiger partial charge in [-0.25, -0.2) is 9.18 Å². The minimum absolute atomic E-state index is 0.278. The van der Waals surface area contributed by atoms with Crippen LogP contribution in [0.15, 0.2) is 12.1 Å². The topological polar surface area (TPSA) is 61.1 Å². The summed E-state index contributed by atoms with van der Waals surface area (Å²) in [5, 5.41) is 16.6. The Balaban J connectivity index is 3.47. The molecule has 1 N–H and O–H groups in total. The number of hydrogen-bond acceptors (Lipinski definition) is 2. The Morgan fingerprint density at radius 1 is 1.62 bits per heavy atom. The van der Waals surface area contributed by atoms with Crippen LogP contribution in [0.1, 0.15) is 15.9 Å². The first-order valence-electron chi connectivity index (χ1n) is 3.19. The van der Waals surface area contributed by atoms with E-state index in [0.717, 1.165) is 12.1 Å². The molecule has 0 fully saturated rings. The Morgan fingerprint density at radius 3 is 2.69 bits per heavy atom. The van der Waals surface area contributed by atoms with E-state index < -0.39 is 17.3 Å². The minimum atomic E-state index is -1.29. The van der Waals surface area contributed by atoms with Gasteiger partial charge >= 0.3 is 5.97 Å². The van der Waals surface area contributed by atoms with Gasteiger partial charge in [-0.1, -0.05) is 11.6 Å². The number of hydrogen-bond donors (Lipinski definition) is 1. The fourth-order valence-electron chi connectivity index (χ4n) is 0.820. The summed E-state index contributed by atoms with van der Waals surface area (Å²) < 4.78 is 12.8. The van der Waals surface area contributed by atoms with Crippen LogP contribution in [0.2, 0.25) is 5.02 Å². The van der Waals surface area contributed by atoms with Gasteiger partial charge in [-0.3, -0.25) is 0 Å². The number of carboxylic acids is 1. The highest BCUT2D eigenvalue weighted by molar-refractivity contribution is 6.34. The fraction of sp³-hybridized carbons (Fsp3) is 0. The Hall–Kier alpha value is -1.60. The standard InChI is InChI=1S/C8H3ClFNO2/c9-7-4(8(12)13)1-2-6(10)5(7)3-11/h1-2H,(H,12,13). The predicted molar refractivity (Wildman–Crippen MR) is 43.1 cm³/mol. The van der Waals surface area contributed by atoms with E-state index in [1.54, 1.807) is 0 Å². The van der Waals surface area contributed by atoms with E-state index in [1.807, 2.05) is 0 Å². The molecule has 0 saturated heterocycles. The quantitative estimate of drug-likeness (QED) is 0.753. The van der Waals surface area contributed by atoms with E-state index in [-0.39, 0.29) is 10.6 Å². The summed E-state index contributed by atoms with van der Waals surface area (Å²) in [4.78, 5) is 10.5. The Kier molecular flexibility index (Phi) is 2.49. The maximum Gasteiger partial charge on any atom is 0.337 e. The van der Waals surface area contributed by atoms with Gasteiger partial charge in [-0.15, -0.1) is 0 Å². The minimum Gasteiger partial charge on any atom is -0.478 e. The van der Waals surface area contributed by atoms with Gasteiger partial charge in [-0.05, 0) is 12.1 Å². The molecule has 0 aromatic heterocycles. The molecule has 0 aliphatic heterocycles. The number of nitriles is 1. The highest BCUT2D eigenvalue weighted by Crippen LogP contribution is 2.22. The van der Waals surface area contributed by atoms with Gasteiger partial charge in [0.2, 0.25) is 0 Å². The van der Waals surface area contributed by atoms with Crippen LogP contribution in [-0.4, -0.2) is 11.1 Å². The molecule has 0 aliphatic rings. The summed E-state index contributed by atoms with van der Waals surface area (Å²) in [5.74, 6) is -2.11. The molecule has 0 saturated carbocycles. The van der Waals surface area contributed by atoms with Gasteiger partial charge in [0, 0.05) is 0 Å². The summed E-state index contributed by atoms with van der Waals surface area (Å²) in [5.41, 5.74) is -0.721. The summed E-state index contributed by atoms with van der Waals surface area (Å²) in [6, 6.07) is 3.40. The van der Waals surface area contributed by atoms with Crippen LogP contribution in [0, 0.1) is 17.1 Å². The zero-order valence-corrected chi connectivity index (χ0v) is 6.97. The second-order valence-corrected chi connectivity index (χ2v) is 2.58. The molecule has 13 heavy (non-hydrogen) atoms. The van der Waals surface area contributed by atoms with Crippen molar-refractivity contribution in [3.05, 3.63) is 34.1 Å². The molecular formula is C8H3ClFNO2. The maximum atomic E-state index is 12.8. The molecule has 66 valence electrons. The van der Waals surface area contributed by atoms with Crippen molar-refractivity contribution in [2.45, 2.75) is 0 Å². The van der Waals surface area contributed by atoms with Crippen molar-refractivity contribution < 1.29 is 14.3 Å². The van der Waals surface area contributed by atoms with E-state index in [0.29, 0.717) is 0 Å². The van der Waals surface area contributed by atoms with Crippen LogP contribution in [0.4, 0.5) is 4.39 Å². The fourth-order valence-corrected chi connectivity index (χ4v) is 1.10. The van der Waals surface area contributed by atoms with E-state index >= 15 is 0 Å². The second kappa shape index (κ2) is 3.42. The molecule has 0 spiro atoms. The summed E-state index contributed by atoms with van der Waals surface area (Å²) in [6.07, 6.45) is 0. The van der Waals surface area contributed by atoms with E-state index in [9.17, 15) is 9.18 Å². The third-order valence-corrected chi connectivity index (χ3v) is 1.83. The SMILES string of the molecule is N#Cc1c(F)ccc(C(=O)O)c1Cl. The average Bonchev–Trinajstić information content (AvgIpc) is 2.04. The van der Waals surface area contributed by atoms with Crippen LogP contribution in [0.5, 0.6) is 0 Å². The van der Waals surface area contributed by atoms with Gasteiger partial charge in [0.05, 0.1) is 10.6 Å². The number of carbonyl (C=O) groups is 1. The van der Waals surface area contributed by atoms with Crippen molar-refractivity contribution in [1.82, 2.24) is 0 Å². The van der Waals surface area contributed by atoms with Gasteiger partial charge in [0.1, 0.15) is 17.4 Å². The molecule has 1 aromatic rings. The lowest BCUT2D eigenvalue weighted by atomic mass is 10.1. The largest absolute Gasteiger partial charge is 0.478 e. The van der Waals surface area contributed by atoms with Crippen LogP contribution in [0.3, 0.4) is 0 Å². The summed E-state index contributed by atoms with van der Waals surface area (Å²) in [7, 11) is 0. The first-order chi connectivity index (χ1) is 6.07. The molecule has 3 nitrogen and oxygen atoms in total. The third-order valence-electron chi connectivity index (χ3n) is 1.43. The highest BCUT2D eigenvalue weighted by Gasteiger charge is 2.15. The zero-order chi connectivity index (χ0) is 10.0. The molecule has 0 heterocycles. The Morgan fingerprint density at radius 2 is 2.23 bits per heavy atom. The number of nitrogens with zero attached hydrogens (tertiary/aromatic N) is 1. The highest BCUT2D eigenvalue weighted by atomic mass is 35.5. The normalized spacial score (nSPS) is 9.31. The number of benzene rings is 1. The molecular weight excluding hydrogens is 197 g/mol. The van der Waals surface area contributed by atoms with E-state index in [1.165, 1.54) is 6.07 Å². The summed E-state index contributed by atoms with van der Waals surface area (Å²) >= 11 is 5.47. The smallest absolute Gasteiger partial charge is 0.337 e. The van der Waals surface area contributed by atoms with Crippen LogP contribution >= 0.6 is 11.6 Å². The summed E-state index contributed by atoms with van der Waals surface area (Å²) in [6.45, 7) is 0. The van der Waals surface area contributed by atoms with Gasteiger partial charge in [-0.2, -0.15) is 5.26 Å². The first-order valence-corrected chi connectivity index (χ1v) is 3.57. The van der Waals surface area contributed by atoms with Crippen molar-refractivity contribution in [2.24, 2.45) is 0 Å². The molecule has 0 bridgehead atoms. The Bertz CT molecular complexity index is 411. The molecule has 1 rings (SSSR count). The lowest BCUT2D eigenvalue weighted by Crippen LogP contribution is -2.00. The molecule has 0 aliphatic carbocycles. The van der Waals surface area contributed by atoms with E-state index in [4.69, 9.17) is 22.0 Å². The van der Waals surface area contributed by atoms with Gasteiger partial charge in [0.25, 0.3) is 0 Å². The molecule has 5 heteroatoms. The lowest BCUT2D eigenvalue weighted by Gasteiger charge is -2.00. The van der Waals surface area contributed by atoms with Crippen molar-refractivity contribution in [1.29, 1.82) is 5.26 Å². The predicted octanol–water partition coefficient (Wildman–Crippen LogP) is 2.05. The van der Waals surface area contributed by atoms with Crippen molar-refractivity contribution >= 4 is 17.6 Å². The van der Waals surface area contributed by atoms with Crippen molar-refractivity contribution in [2.75, 3.05) is 0 Å². The monoisotopic (exact) mass is 199 g/mol.